The summed E-state index contributed by atoms with van der Waals surface area (Å²) in [5, 5.41) is 0. The van der Waals surface area contributed by atoms with Crippen LogP contribution in [0.25, 0.3) is 0 Å². The summed E-state index contributed by atoms with van der Waals surface area (Å²) < 4.78 is 0. The molecular formula is C40H86N4. The molecule has 0 bridgehead atoms. The van der Waals surface area contributed by atoms with Crippen LogP contribution in [0.1, 0.15) is 196 Å². The Morgan fingerprint density at radius 3 is 0.932 bits per heavy atom. The molecule has 4 atom stereocenters. The molecule has 0 amide bonds. The lowest BCUT2D eigenvalue weighted by molar-refractivity contribution is 0.150. The third-order valence-electron chi connectivity index (χ3n) is 10.2. The fourth-order valence-corrected chi connectivity index (χ4v) is 6.78. The summed E-state index contributed by atoms with van der Waals surface area (Å²) >= 11 is 0. The smallest absolute Gasteiger partial charge is 0.00670 e. The molecule has 0 saturated heterocycles. The number of rotatable bonds is 35. The summed E-state index contributed by atoms with van der Waals surface area (Å²) in [5.41, 5.74) is 12.1. The standard InChI is InChI=1S/C40H86N4/c1-7-9-11-13-15-17-19-21-23-25-29-39(5)43(35-37(3)33-41)31-27-28-32-44(36-38(4)34-42)40(6)30-26-24-22-20-18-16-14-12-10-8-2/h37-40H,7-36,41-42H2,1-6H3. The lowest BCUT2D eigenvalue weighted by atomic mass is 10.0. The summed E-state index contributed by atoms with van der Waals surface area (Å²) in [4.78, 5) is 5.54. The minimum atomic E-state index is 0.577. The Morgan fingerprint density at radius 1 is 0.386 bits per heavy atom. The van der Waals surface area contributed by atoms with E-state index in [9.17, 15) is 0 Å². The Kier molecular flexibility index (Phi) is 32.6. The largest absolute Gasteiger partial charge is 0.330 e. The van der Waals surface area contributed by atoms with Gasteiger partial charge in [0.2, 0.25) is 0 Å². The highest BCUT2D eigenvalue weighted by atomic mass is 15.2. The maximum absolute atomic E-state index is 6.07. The SMILES string of the molecule is CCCCCCCCCCCCC(C)N(CCCCN(CC(C)CN)C(C)CCCCCCCCCCCC)CC(C)CN. The van der Waals surface area contributed by atoms with Crippen molar-refractivity contribution in [1.82, 2.24) is 9.80 Å². The average Bonchev–Trinajstić information content (AvgIpc) is 3.02. The molecule has 4 nitrogen and oxygen atoms in total. The fraction of sp³-hybridized carbons (Fsp3) is 1.00. The Labute approximate surface area is 279 Å². The highest BCUT2D eigenvalue weighted by Crippen LogP contribution is 2.18. The molecule has 0 aliphatic carbocycles. The van der Waals surface area contributed by atoms with Crippen molar-refractivity contribution in [3.05, 3.63) is 0 Å². The van der Waals surface area contributed by atoms with Crippen molar-refractivity contribution in [3.8, 4) is 0 Å². The van der Waals surface area contributed by atoms with Crippen LogP contribution >= 0.6 is 0 Å². The van der Waals surface area contributed by atoms with Crippen LogP contribution in [0.3, 0.4) is 0 Å². The minimum Gasteiger partial charge on any atom is -0.330 e. The number of nitrogens with zero attached hydrogens (tertiary/aromatic N) is 2. The van der Waals surface area contributed by atoms with Crippen LogP contribution in [0, 0.1) is 11.8 Å². The number of hydrogen-bond acceptors (Lipinski definition) is 4. The van der Waals surface area contributed by atoms with Crippen LogP contribution in [-0.4, -0.2) is 61.2 Å². The van der Waals surface area contributed by atoms with Crippen molar-refractivity contribution in [2.45, 2.75) is 208 Å². The Hall–Kier alpha value is -0.160. The summed E-state index contributed by atoms with van der Waals surface area (Å²) in [7, 11) is 0. The third-order valence-corrected chi connectivity index (χ3v) is 10.2. The van der Waals surface area contributed by atoms with Crippen LogP contribution in [0.4, 0.5) is 0 Å². The van der Waals surface area contributed by atoms with E-state index in [0.29, 0.717) is 23.9 Å². The second-order valence-corrected chi connectivity index (χ2v) is 15.0. The number of hydrogen-bond donors (Lipinski definition) is 2. The maximum atomic E-state index is 6.07. The molecule has 0 aromatic carbocycles. The Bertz CT molecular complexity index is 507. The van der Waals surface area contributed by atoms with Crippen LogP contribution in [0.15, 0.2) is 0 Å². The van der Waals surface area contributed by atoms with Crippen LogP contribution in [-0.2, 0) is 0 Å². The molecule has 0 radical (unpaired) electrons. The van der Waals surface area contributed by atoms with Gasteiger partial charge in [0.05, 0.1) is 0 Å². The summed E-state index contributed by atoms with van der Waals surface area (Å²) in [6.45, 7) is 20.5. The van der Waals surface area contributed by atoms with Gasteiger partial charge in [-0.05, 0) is 77.5 Å². The molecule has 44 heavy (non-hydrogen) atoms. The zero-order valence-electron chi connectivity index (χ0n) is 31.6. The minimum absolute atomic E-state index is 0.577. The predicted octanol–water partition coefficient (Wildman–Crippen LogP) is 11.0. The molecule has 0 aliphatic heterocycles. The van der Waals surface area contributed by atoms with Gasteiger partial charge in [0.25, 0.3) is 0 Å². The normalized spacial score (nSPS) is 14.9. The van der Waals surface area contributed by atoms with E-state index in [1.165, 1.54) is 167 Å². The molecule has 266 valence electrons. The van der Waals surface area contributed by atoms with Gasteiger partial charge < -0.3 is 21.3 Å². The second-order valence-electron chi connectivity index (χ2n) is 15.0. The summed E-state index contributed by atoms with van der Waals surface area (Å²) in [5.74, 6) is 1.15. The van der Waals surface area contributed by atoms with Gasteiger partial charge in [0.15, 0.2) is 0 Å². The van der Waals surface area contributed by atoms with E-state index in [4.69, 9.17) is 11.5 Å². The molecule has 0 saturated carbocycles. The van der Waals surface area contributed by atoms with Gasteiger partial charge in [-0.25, -0.2) is 0 Å². The summed E-state index contributed by atoms with van der Waals surface area (Å²) in [6, 6.07) is 1.34. The van der Waals surface area contributed by atoms with Gasteiger partial charge in [-0.2, -0.15) is 0 Å². The van der Waals surface area contributed by atoms with Gasteiger partial charge in [0.1, 0.15) is 0 Å². The van der Waals surface area contributed by atoms with Crippen molar-refractivity contribution < 1.29 is 0 Å². The van der Waals surface area contributed by atoms with Gasteiger partial charge in [-0.1, -0.05) is 156 Å². The molecule has 0 aromatic rings. The van der Waals surface area contributed by atoms with E-state index < -0.39 is 0 Å². The van der Waals surface area contributed by atoms with E-state index in [-0.39, 0.29) is 0 Å². The van der Waals surface area contributed by atoms with E-state index in [1.807, 2.05) is 0 Å². The first-order valence-corrected chi connectivity index (χ1v) is 20.3. The van der Waals surface area contributed by atoms with Gasteiger partial charge >= 0.3 is 0 Å². The lowest BCUT2D eigenvalue weighted by Crippen LogP contribution is -2.40. The predicted molar refractivity (Wildman–Crippen MR) is 201 cm³/mol. The molecule has 4 N–H and O–H groups in total. The monoisotopic (exact) mass is 623 g/mol. The molecular weight excluding hydrogens is 536 g/mol. The van der Waals surface area contributed by atoms with Crippen molar-refractivity contribution in [1.29, 1.82) is 0 Å². The number of unbranched alkanes of at least 4 members (excludes halogenated alkanes) is 19. The molecule has 0 heterocycles. The van der Waals surface area contributed by atoms with Gasteiger partial charge in [-0.15, -0.1) is 0 Å². The first-order valence-electron chi connectivity index (χ1n) is 20.3. The van der Waals surface area contributed by atoms with Crippen molar-refractivity contribution in [2.24, 2.45) is 23.3 Å². The quantitative estimate of drug-likeness (QED) is 0.0690. The van der Waals surface area contributed by atoms with Crippen molar-refractivity contribution in [2.75, 3.05) is 39.3 Å². The van der Waals surface area contributed by atoms with Crippen molar-refractivity contribution >= 4 is 0 Å². The first kappa shape index (κ1) is 43.8. The molecule has 0 rings (SSSR count). The molecule has 4 unspecified atom stereocenters. The zero-order chi connectivity index (χ0) is 32.7. The third kappa shape index (κ3) is 27.0. The zero-order valence-corrected chi connectivity index (χ0v) is 31.6. The Morgan fingerprint density at radius 2 is 0.659 bits per heavy atom. The average molecular weight is 623 g/mol. The van der Waals surface area contributed by atoms with Crippen LogP contribution < -0.4 is 11.5 Å². The van der Waals surface area contributed by atoms with E-state index in [1.54, 1.807) is 0 Å². The lowest BCUT2D eigenvalue weighted by Gasteiger charge is -2.33. The van der Waals surface area contributed by atoms with Gasteiger partial charge in [0, 0.05) is 25.2 Å². The second kappa shape index (κ2) is 32.8. The Balaban J connectivity index is 4.43. The van der Waals surface area contributed by atoms with Crippen molar-refractivity contribution in [3.63, 3.8) is 0 Å². The van der Waals surface area contributed by atoms with Crippen LogP contribution in [0.2, 0.25) is 0 Å². The molecule has 0 aromatic heterocycles. The molecule has 0 fully saturated rings. The first-order chi connectivity index (χ1) is 21.4. The molecule has 4 heteroatoms. The highest BCUT2D eigenvalue weighted by molar-refractivity contribution is 4.74. The highest BCUT2D eigenvalue weighted by Gasteiger charge is 2.18. The number of nitrogens with two attached hydrogens (primary N) is 2. The van der Waals surface area contributed by atoms with E-state index >= 15 is 0 Å². The summed E-state index contributed by atoms with van der Waals surface area (Å²) in [6.07, 6.45) is 33.6. The van der Waals surface area contributed by atoms with Crippen LogP contribution in [0.5, 0.6) is 0 Å². The van der Waals surface area contributed by atoms with E-state index in [0.717, 1.165) is 26.2 Å². The molecule has 0 spiro atoms. The van der Waals surface area contributed by atoms with Gasteiger partial charge in [-0.3, -0.25) is 0 Å². The molecule has 0 aliphatic rings. The fourth-order valence-electron chi connectivity index (χ4n) is 6.78. The maximum Gasteiger partial charge on any atom is 0.00670 e. The topological polar surface area (TPSA) is 58.5 Å². The van der Waals surface area contributed by atoms with E-state index in [2.05, 4.69) is 51.3 Å².